The summed E-state index contributed by atoms with van der Waals surface area (Å²) in [6.07, 6.45) is 0. The second-order valence-electron chi connectivity index (χ2n) is 3.43. The van der Waals surface area contributed by atoms with Crippen molar-refractivity contribution in [2.75, 3.05) is 13.7 Å². The van der Waals surface area contributed by atoms with Gasteiger partial charge in [-0.2, -0.15) is 0 Å². The zero-order chi connectivity index (χ0) is 12.4. The van der Waals surface area contributed by atoms with Gasteiger partial charge in [-0.3, -0.25) is 0 Å². The van der Waals surface area contributed by atoms with Crippen LogP contribution in [0.4, 0.5) is 0 Å². The summed E-state index contributed by atoms with van der Waals surface area (Å²) in [5.74, 6) is -1.29. The van der Waals surface area contributed by atoms with Crippen LogP contribution in [0.15, 0.2) is 34.3 Å². The van der Waals surface area contributed by atoms with Crippen LogP contribution in [0, 0.1) is 0 Å². The molecule has 4 nitrogen and oxygen atoms in total. The zero-order valence-corrected chi connectivity index (χ0v) is 10.6. The minimum absolute atomic E-state index is 0.0187. The third-order valence-corrected chi connectivity index (χ3v) is 2.96. The molecule has 0 saturated heterocycles. The Morgan fingerprint density at radius 1 is 1.35 bits per heavy atom. The molecule has 1 aliphatic heterocycles. The molecule has 1 aromatic carbocycles. The van der Waals surface area contributed by atoms with E-state index < -0.39 is 11.9 Å². The quantitative estimate of drug-likeness (QED) is 0.618. The van der Waals surface area contributed by atoms with Gasteiger partial charge >= 0.3 is 11.9 Å². The number of carbonyl (C=O) groups excluding carboxylic acids is 2. The lowest BCUT2D eigenvalue weighted by Gasteiger charge is -2.02. The van der Waals surface area contributed by atoms with Crippen molar-refractivity contribution in [2.45, 2.75) is 0 Å². The molecule has 0 spiro atoms. The van der Waals surface area contributed by atoms with E-state index in [4.69, 9.17) is 4.74 Å². The third-order valence-electron chi connectivity index (χ3n) is 2.44. The Bertz CT molecular complexity index is 502. The summed E-state index contributed by atoms with van der Waals surface area (Å²) in [6, 6.07) is 7.29. The molecule has 5 heteroatoms. The first-order valence-electron chi connectivity index (χ1n) is 4.88. The van der Waals surface area contributed by atoms with E-state index in [0.717, 1.165) is 10.0 Å². The molecule has 1 aromatic rings. The second-order valence-corrected chi connectivity index (χ2v) is 4.34. The number of rotatable bonds is 2. The SMILES string of the molecule is COC(=O)C1=C(c2ccc(Br)cc2)COC1=O. The van der Waals surface area contributed by atoms with Crippen molar-refractivity contribution in [3.05, 3.63) is 39.9 Å². The number of benzene rings is 1. The molecule has 17 heavy (non-hydrogen) atoms. The normalized spacial score (nSPS) is 14.8. The van der Waals surface area contributed by atoms with Gasteiger partial charge in [0, 0.05) is 10.0 Å². The summed E-state index contributed by atoms with van der Waals surface area (Å²) in [4.78, 5) is 22.9. The standard InChI is InChI=1S/C12H9BrO4/c1-16-11(14)10-9(6-17-12(10)15)7-2-4-8(13)5-3-7/h2-5H,6H2,1H3. The van der Waals surface area contributed by atoms with E-state index in [1.54, 1.807) is 0 Å². The molecule has 0 aliphatic carbocycles. The summed E-state index contributed by atoms with van der Waals surface area (Å²) < 4.78 is 10.4. The molecule has 0 unspecified atom stereocenters. The van der Waals surface area contributed by atoms with Gasteiger partial charge in [0.05, 0.1) is 7.11 Å². The van der Waals surface area contributed by atoms with Crippen molar-refractivity contribution in [1.29, 1.82) is 0 Å². The zero-order valence-electron chi connectivity index (χ0n) is 9.03. The third kappa shape index (κ3) is 2.24. The predicted molar refractivity (Wildman–Crippen MR) is 64.0 cm³/mol. The highest BCUT2D eigenvalue weighted by Gasteiger charge is 2.32. The van der Waals surface area contributed by atoms with Crippen molar-refractivity contribution in [1.82, 2.24) is 0 Å². The van der Waals surface area contributed by atoms with Crippen molar-refractivity contribution in [3.8, 4) is 0 Å². The first-order valence-corrected chi connectivity index (χ1v) is 5.67. The van der Waals surface area contributed by atoms with Crippen molar-refractivity contribution < 1.29 is 19.1 Å². The molecular formula is C12H9BrO4. The van der Waals surface area contributed by atoms with Crippen LogP contribution >= 0.6 is 15.9 Å². The highest BCUT2D eigenvalue weighted by molar-refractivity contribution is 9.10. The van der Waals surface area contributed by atoms with E-state index in [1.165, 1.54) is 7.11 Å². The van der Waals surface area contributed by atoms with E-state index in [9.17, 15) is 9.59 Å². The van der Waals surface area contributed by atoms with E-state index in [2.05, 4.69) is 20.7 Å². The molecule has 0 bridgehead atoms. The number of cyclic esters (lactones) is 1. The molecule has 1 heterocycles. The van der Waals surface area contributed by atoms with Crippen LogP contribution in [0.1, 0.15) is 5.56 Å². The maximum absolute atomic E-state index is 11.5. The molecule has 1 aliphatic rings. The first-order chi connectivity index (χ1) is 8.13. The van der Waals surface area contributed by atoms with Gasteiger partial charge in [-0.05, 0) is 17.7 Å². The van der Waals surface area contributed by atoms with E-state index >= 15 is 0 Å². The maximum atomic E-state index is 11.5. The highest BCUT2D eigenvalue weighted by Crippen LogP contribution is 2.27. The number of hydrogen-bond donors (Lipinski definition) is 0. The molecule has 0 N–H and O–H groups in total. The van der Waals surface area contributed by atoms with Gasteiger partial charge in [-0.15, -0.1) is 0 Å². The average Bonchev–Trinajstić information content (AvgIpc) is 2.71. The molecule has 0 fully saturated rings. The van der Waals surface area contributed by atoms with E-state index in [-0.39, 0.29) is 12.2 Å². The number of methoxy groups -OCH3 is 1. The summed E-state index contributed by atoms with van der Waals surface area (Å²) in [5, 5.41) is 0. The monoisotopic (exact) mass is 296 g/mol. The second kappa shape index (κ2) is 4.71. The molecule has 0 aromatic heterocycles. The Morgan fingerprint density at radius 2 is 2.00 bits per heavy atom. The van der Waals surface area contributed by atoms with Gasteiger partial charge in [0.25, 0.3) is 0 Å². The number of ether oxygens (including phenoxy) is 2. The van der Waals surface area contributed by atoms with Crippen molar-refractivity contribution >= 4 is 33.4 Å². The van der Waals surface area contributed by atoms with Crippen LogP contribution < -0.4 is 0 Å². The van der Waals surface area contributed by atoms with E-state index in [1.807, 2.05) is 24.3 Å². The van der Waals surface area contributed by atoms with Crippen LogP contribution in [-0.2, 0) is 19.1 Å². The van der Waals surface area contributed by atoms with Gasteiger partial charge in [-0.1, -0.05) is 28.1 Å². The Hall–Kier alpha value is -1.62. The van der Waals surface area contributed by atoms with Crippen LogP contribution in [0.5, 0.6) is 0 Å². The number of hydrogen-bond acceptors (Lipinski definition) is 4. The lowest BCUT2D eigenvalue weighted by molar-refractivity contribution is -0.143. The predicted octanol–water partition coefficient (Wildman–Crippen LogP) is 1.93. The topological polar surface area (TPSA) is 52.6 Å². The average molecular weight is 297 g/mol. The van der Waals surface area contributed by atoms with Gasteiger partial charge in [0.1, 0.15) is 6.61 Å². The molecule has 0 amide bonds. The van der Waals surface area contributed by atoms with Crippen LogP contribution in [0.25, 0.3) is 5.57 Å². The van der Waals surface area contributed by atoms with Gasteiger partial charge in [0.15, 0.2) is 5.57 Å². The molecule has 2 rings (SSSR count). The fourth-order valence-electron chi connectivity index (χ4n) is 1.59. The Labute approximate surface area is 106 Å². The fraction of sp³-hybridized carbons (Fsp3) is 0.167. The minimum atomic E-state index is -0.662. The molecule has 0 atom stereocenters. The Morgan fingerprint density at radius 3 is 2.59 bits per heavy atom. The highest BCUT2D eigenvalue weighted by atomic mass is 79.9. The molecule has 0 saturated carbocycles. The maximum Gasteiger partial charge on any atom is 0.346 e. The summed E-state index contributed by atoms with van der Waals surface area (Å²) >= 11 is 3.32. The number of carbonyl (C=O) groups is 2. The Kier molecular flexibility index (Phi) is 3.28. The van der Waals surface area contributed by atoms with Crippen molar-refractivity contribution in [2.24, 2.45) is 0 Å². The van der Waals surface area contributed by atoms with Gasteiger partial charge in [-0.25, -0.2) is 9.59 Å². The molecule has 0 radical (unpaired) electrons. The number of esters is 2. The summed E-state index contributed by atoms with van der Waals surface area (Å²) in [5.41, 5.74) is 1.32. The van der Waals surface area contributed by atoms with Crippen LogP contribution in [-0.4, -0.2) is 25.7 Å². The molecular weight excluding hydrogens is 288 g/mol. The van der Waals surface area contributed by atoms with E-state index in [0.29, 0.717) is 5.57 Å². The van der Waals surface area contributed by atoms with Crippen LogP contribution in [0.3, 0.4) is 0 Å². The summed E-state index contributed by atoms with van der Waals surface area (Å²) in [7, 11) is 1.24. The van der Waals surface area contributed by atoms with Gasteiger partial charge < -0.3 is 9.47 Å². The molecule has 88 valence electrons. The summed E-state index contributed by atoms with van der Waals surface area (Å²) in [6.45, 7) is 0.102. The lowest BCUT2D eigenvalue weighted by atomic mass is 10.0. The smallest absolute Gasteiger partial charge is 0.346 e. The lowest BCUT2D eigenvalue weighted by Crippen LogP contribution is -2.12. The van der Waals surface area contributed by atoms with Crippen molar-refractivity contribution in [3.63, 3.8) is 0 Å². The fourth-order valence-corrected chi connectivity index (χ4v) is 1.86. The van der Waals surface area contributed by atoms with Gasteiger partial charge in [0.2, 0.25) is 0 Å². The largest absolute Gasteiger partial charge is 0.465 e. The Balaban J connectivity index is 2.48. The minimum Gasteiger partial charge on any atom is -0.465 e. The van der Waals surface area contributed by atoms with Crippen LogP contribution in [0.2, 0.25) is 0 Å². The first kappa shape index (κ1) is 11.9. The number of halogens is 1.